The van der Waals surface area contributed by atoms with Crippen LogP contribution in [0.2, 0.25) is 0 Å². The lowest BCUT2D eigenvalue weighted by Gasteiger charge is -2.58. The molecular weight excluding hydrogens is 212 g/mol. The third kappa shape index (κ3) is 1.76. The van der Waals surface area contributed by atoms with Crippen LogP contribution in [0.15, 0.2) is 0 Å². The highest BCUT2D eigenvalue weighted by Crippen LogP contribution is 2.54. The molecular formula is C15H28O2. The molecule has 0 spiro atoms. The number of ether oxygens (including phenoxy) is 1. The van der Waals surface area contributed by atoms with Gasteiger partial charge in [0, 0.05) is 11.8 Å². The molecule has 2 heteroatoms. The molecule has 2 fully saturated rings. The van der Waals surface area contributed by atoms with Gasteiger partial charge in [-0.3, -0.25) is 0 Å². The van der Waals surface area contributed by atoms with Gasteiger partial charge in [-0.25, -0.2) is 0 Å². The molecule has 0 aromatic rings. The van der Waals surface area contributed by atoms with Crippen LogP contribution in [0, 0.1) is 16.7 Å². The van der Waals surface area contributed by atoms with Gasteiger partial charge in [0.2, 0.25) is 0 Å². The Labute approximate surface area is 106 Å². The molecule has 0 amide bonds. The van der Waals surface area contributed by atoms with Crippen LogP contribution in [0.1, 0.15) is 60.3 Å². The van der Waals surface area contributed by atoms with Gasteiger partial charge in [0.1, 0.15) is 0 Å². The molecule has 0 aliphatic heterocycles. The zero-order chi connectivity index (χ0) is 12.8. The fourth-order valence-corrected chi connectivity index (χ4v) is 3.47. The normalized spacial score (nSPS) is 54.0. The van der Waals surface area contributed by atoms with Crippen molar-refractivity contribution in [2.45, 2.75) is 78.6 Å². The van der Waals surface area contributed by atoms with Crippen molar-refractivity contribution < 1.29 is 9.84 Å². The third-order valence-corrected chi connectivity index (χ3v) is 6.22. The third-order valence-electron chi connectivity index (χ3n) is 6.22. The Morgan fingerprint density at radius 3 is 2.00 bits per heavy atom. The Kier molecular flexibility index (Phi) is 3.33. The van der Waals surface area contributed by atoms with Crippen molar-refractivity contribution in [3.8, 4) is 0 Å². The molecule has 0 saturated heterocycles. The van der Waals surface area contributed by atoms with E-state index >= 15 is 0 Å². The van der Waals surface area contributed by atoms with Crippen molar-refractivity contribution in [2.24, 2.45) is 16.7 Å². The van der Waals surface area contributed by atoms with Crippen LogP contribution in [0.25, 0.3) is 0 Å². The van der Waals surface area contributed by atoms with Crippen LogP contribution in [-0.4, -0.2) is 23.4 Å². The van der Waals surface area contributed by atoms with E-state index in [1.54, 1.807) is 0 Å². The first-order valence-electron chi connectivity index (χ1n) is 7.22. The van der Waals surface area contributed by atoms with Crippen LogP contribution in [0.5, 0.6) is 0 Å². The molecule has 100 valence electrons. The maximum absolute atomic E-state index is 9.90. The van der Waals surface area contributed by atoms with E-state index in [-0.39, 0.29) is 17.6 Å². The molecule has 2 saturated carbocycles. The summed E-state index contributed by atoms with van der Waals surface area (Å²) in [6.07, 6.45) is 4.73. The average Bonchev–Trinajstić information content (AvgIpc) is 2.35. The van der Waals surface area contributed by atoms with Gasteiger partial charge < -0.3 is 9.84 Å². The summed E-state index contributed by atoms with van der Waals surface area (Å²) in [4.78, 5) is 0. The molecule has 0 bridgehead atoms. The Hall–Kier alpha value is -0.0800. The van der Waals surface area contributed by atoms with Crippen molar-refractivity contribution in [1.29, 1.82) is 0 Å². The molecule has 2 nitrogen and oxygen atoms in total. The number of hydrogen-bond acceptors (Lipinski definition) is 2. The van der Waals surface area contributed by atoms with Gasteiger partial charge in [0.15, 0.2) is 0 Å². The zero-order valence-electron chi connectivity index (χ0n) is 12.0. The summed E-state index contributed by atoms with van der Waals surface area (Å²) in [7, 11) is 0. The van der Waals surface area contributed by atoms with E-state index in [2.05, 4.69) is 34.6 Å². The van der Waals surface area contributed by atoms with Crippen molar-refractivity contribution in [1.82, 2.24) is 0 Å². The maximum atomic E-state index is 9.90. The van der Waals surface area contributed by atoms with Gasteiger partial charge in [-0.2, -0.15) is 0 Å². The van der Waals surface area contributed by atoms with E-state index in [9.17, 15) is 5.11 Å². The molecule has 17 heavy (non-hydrogen) atoms. The smallest absolute Gasteiger partial charge is 0.0682 e. The Morgan fingerprint density at radius 2 is 1.59 bits per heavy atom. The molecule has 2 aliphatic rings. The number of hydrogen-bond donors (Lipinski definition) is 1. The number of aliphatic hydroxyl groups excluding tert-OH is 1. The fourth-order valence-electron chi connectivity index (χ4n) is 3.47. The summed E-state index contributed by atoms with van der Waals surface area (Å²) < 4.78 is 6.32. The second kappa shape index (κ2) is 4.24. The molecule has 2 aliphatic carbocycles. The minimum absolute atomic E-state index is 0.00647. The zero-order valence-corrected chi connectivity index (χ0v) is 12.0. The molecule has 0 radical (unpaired) electrons. The van der Waals surface area contributed by atoms with Gasteiger partial charge in [0.05, 0.1) is 18.3 Å². The van der Waals surface area contributed by atoms with Gasteiger partial charge in [-0.05, 0) is 30.6 Å². The van der Waals surface area contributed by atoms with E-state index in [0.717, 1.165) is 18.8 Å². The molecule has 6 unspecified atom stereocenters. The molecule has 6 atom stereocenters. The lowest BCUT2D eigenvalue weighted by atomic mass is 9.57. The van der Waals surface area contributed by atoms with Gasteiger partial charge in [-0.1, -0.05) is 34.6 Å². The van der Waals surface area contributed by atoms with Crippen LogP contribution < -0.4 is 0 Å². The summed E-state index contributed by atoms with van der Waals surface area (Å²) >= 11 is 0. The van der Waals surface area contributed by atoms with Crippen molar-refractivity contribution in [3.05, 3.63) is 0 Å². The maximum Gasteiger partial charge on any atom is 0.0682 e. The lowest BCUT2D eigenvalue weighted by Crippen LogP contribution is -2.61. The van der Waals surface area contributed by atoms with E-state index in [0.29, 0.717) is 11.5 Å². The van der Waals surface area contributed by atoms with E-state index in [1.807, 2.05) is 0 Å². The minimum Gasteiger partial charge on any atom is -0.392 e. The SMILES string of the molecule is CCC1(C)C(C)CC1OC1CC(O)C1(C)CC. The van der Waals surface area contributed by atoms with Crippen molar-refractivity contribution in [2.75, 3.05) is 0 Å². The largest absolute Gasteiger partial charge is 0.392 e. The van der Waals surface area contributed by atoms with E-state index in [4.69, 9.17) is 4.74 Å². The Bertz CT molecular complexity index is 263. The molecule has 1 N–H and O–H groups in total. The predicted molar refractivity (Wildman–Crippen MR) is 69.9 cm³/mol. The minimum atomic E-state index is -0.164. The second-order valence-electron chi connectivity index (χ2n) is 6.72. The van der Waals surface area contributed by atoms with E-state index < -0.39 is 0 Å². The van der Waals surface area contributed by atoms with Crippen molar-refractivity contribution in [3.63, 3.8) is 0 Å². The van der Waals surface area contributed by atoms with E-state index in [1.165, 1.54) is 12.8 Å². The first-order valence-corrected chi connectivity index (χ1v) is 7.22. The quantitative estimate of drug-likeness (QED) is 0.816. The highest BCUT2D eigenvalue weighted by molar-refractivity contribution is 5.04. The van der Waals surface area contributed by atoms with Crippen LogP contribution in [0.3, 0.4) is 0 Å². The first-order chi connectivity index (χ1) is 7.88. The van der Waals surface area contributed by atoms with Crippen LogP contribution in [0.4, 0.5) is 0 Å². The van der Waals surface area contributed by atoms with Crippen LogP contribution in [-0.2, 0) is 4.74 Å². The first kappa shape index (κ1) is 13.4. The number of rotatable bonds is 4. The monoisotopic (exact) mass is 240 g/mol. The predicted octanol–water partition coefficient (Wildman–Crippen LogP) is 3.38. The molecule has 0 aromatic carbocycles. The van der Waals surface area contributed by atoms with Gasteiger partial charge in [0.25, 0.3) is 0 Å². The Balaban J connectivity index is 1.96. The van der Waals surface area contributed by atoms with Crippen molar-refractivity contribution >= 4 is 0 Å². The molecule has 2 rings (SSSR count). The lowest BCUT2D eigenvalue weighted by molar-refractivity contribution is -0.255. The average molecular weight is 240 g/mol. The highest BCUT2D eigenvalue weighted by atomic mass is 16.5. The standard InChI is InChI=1S/C15H28O2/c1-6-14(4)10(3)8-12(14)17-13-9-11(16)15(13,5)7-2/h10-13,16H,6-9H2,1-5H3. The fraction of sp³-hybridized carbons (Fsp3) is 1.00. The van der Waals surface area contributed by atoms with Gasteiger partial charge in [-0.15, -0.1) is 0 Å². The number of aliphatic hydroxyl groups is 1. The summed E-state index contributed by atoms with van der Waals surface area (Å²) in [6.45, 7) is 11.3. The van der Waals surface area contributed by atoms with Gasteiger partial charge >= 0.3 is 0 Å². The summed E-state index contributed by atoms with van der Waals surface area (Å²) in [5, 5.41) is 9.90. The highest BCUT2D eigenvalue weighted by Gasteiger charge is 2.55. The topological polar surface area (TPSA) is 29.5 Å². The molecule has 0 heterocycles. The Morgan fingerprint density at radius 1 is 1.06 bits per heavy atom. The summed E-state index contributed by atoms with van der Waals surface area (Å²) in [5.74, 6) is 0.774. The summed E-state index contributed by atoms with van der Waals surface area (Å²) in [6, 6.07) is 0. The second-order valence-corrected chi connectivity index (χ2v) is 6.72. The van der Waals surface area contributed by atoms with Crippen LogP contribution >= 0.6 is 0 Å². The summed E-state index contributed by atoms with van der Waals surface area (Å²) in [5.41, 5.74) is 0.350. The molecule has 0 aromatic heterocycles.